The standard InChI is InChI=1S/C11H18O5/c1-10(2)12-5-6-7(14-10)8-9(13-6)16-11(3,4)15-8/h6-9H,5H2,1-4H3/t6-,7-,8?,9-/m0/s1. The zero-order valence-corrected chi connectivity index (χ0v) is 10.1. The summed E-state index contributed by atoms with van der Waals surface area (Å²) < 4.78 is 28.6. The van der Waals surface area contributed by atoms with E-state index in [-0.39, 0.29) is 24.6 Å². The number of fused-ring (bicyclic) bond motifs is 3. The molecule has 3 heterocycles. The van der Waals surface area contributed by atoms with Crippen molar-refractivity contribution < 1.29 is 23.7 Å². The van der Waals surface area contributed by atoms with Crippen molar-refractivity contribution in [1.29, 1.82) is 0 Å². The summed E-state index contributed by atoms with van der Waals surface area (Å²) in [4.78, 5) is 0. The normalized spacial score (nSPS) is 48.8. The maximum Gasteiger partial charge on any atom is 0.190 e. The molecular weight excluding hydrogens is 212 g/mol. The first-order valence-corrected chi connectivity index (χ1v) is 5.69. The van der Waals surface area contributed by atoms with Gasteiger partial charge in [-0.15, -0.1) is 0 Å². The molecule has 1 unspecified atom stereocenters. The molecule has 92 valence electrons. The van der Waals surface area contributed by atoms with Crippen molar-refractivity contribution in [2.45, 2.75) is 63.9 Å². The van der Waals surface area contributed by atoms with Crippen LogP contribution >= 0.6 is 0 Å². The average Bonchev–Trinajstić information content (AvgIpc) is 2.57. The average molecular weight is 230 g/mol. The van der Waals surface area contributed by atoms with E-state index in [1.54, 1.807) is 0 Å². The Morgan fingerprint density at radius 1 is 0.875 bits per heavy atom. The Bertz CT molecular complexity index is 301. The second-order valence-electron chi connectivity index (χ2n) is 5.44. The molecule has 0 aromatic rings. The second-order valence-corrected chi connectivity index (χ2v) is 5.44. The Balaban J connectivity index is 1.78. The molecule has 3 saturated heterocycles. The number of rotatable bonds is 0. The first-order chi connectivity index (χ1) is 7.36. The third-order valence-electron chi connectivity index (χ3n) is 3.10. The van der Waals surface area contributed by atoms with E-state index in [4.69, 9.17) is 23.7 Å². The lowest BCUT2D eigenvalue weighted by Crippen LogP contribution is -2.50. The molecule has 16 heavy (non-hydrogen) atoms. The molecule has 0 aromatic heterocycles. The molecular formula is C11H18O5. The van der Waals surface area contributed by atoms with E-state index in [1.165, 1.54) is 0 Å². The van der Waals surface area contributed by atoms with E-state index in [1.807, 2.05) is 27.7 Å². The summed E-state index contributed by atoms with van der Waals surface area (Å²) in [5.41, 5.74) is 0. The van der Waals surface area contributed by atoms with Gasteiger partial charge in [-0.25, -0.2) is 0 Å². The van der Waals surface area contributed by atoms with Gasteiger partial charge in [0.1, 0.15) is 18.3 Å². The van der Waals surface area contributed by atoms with Crippen LogP contribution < -0.4 is 0 Å². The zero-order valence-electron chi connectivity index (χ0n) is 10.1. The summed E-state index contributed by atoms with van der Waals surface area (Å²) in [7, 11) is 0. The third-order valence-corrected chi connectivity index (χ3v) is 3.10. The van der Waals surface area contributed by atoms with Gasteiger partial charge in [-0.1, -0.05) is 0 Å². The van der Waals surface area contributed by atoms with Crippen LogP contribution in [0.2, 0.25) is 0 Å². The summed E-state index contributed by atoms with van der Waals surface area (Å²) in [6.45, 7) is 8.09. The highest BCUT2D eigenvalue weighted by molar-refractivity contribution is 4.96. The summed E-state index contributed by atoms with van der Waals surface area (Å²) in [5, 5.41) is 0. The first-order valence-electron chi connectivity index (χ1n) is 5.69. The molecule has 4 atom stereocenters. The van der Waals surface area contributed by atoms with Crippen LogP contribution in [0.5, 0.6) is 0 Å². The Labute approximate surface area is 94.9 Å². The van der Waals surface area contributed by atoms with Crippen molar-refractivity contribution >= 4 is 0 Å². The van der Waals surface area contributed by atoms with Crippen LogP contribution in [-0.4, -0.2) is 42.8 Å². The minimum absolute atomic E-state index is 0.0841. The topological polar surface area (TPSA) is 46.2 Å². The third kappa shape index (κ3) is 1.67. The molecule has 3 aliphatic rings. The van der Waals surface area contributed by atoms with Crippen LogP contribution in [-0.2, 0) is 23.7 Å². The van der Waals surface area contributed by atoms with Gasteiger partial charge in [0, 0.05) is 0 Å². The predicted molar refractivity (Wildman–Crippen MR) is 53.6 cm³/mol. The number of hydrogen-bond acceptors (Lipinski definition) is 5. The SMILES string of the molecule is CC1(C)OC2[C@@H](O[C@H]3COC(C)(C)O[C@H]23)O1. The Morgan fingerprint density at radius 3 is 2.31 bits per heavy atom. The van der Waals surface area contributed by atoms with Gasteiger partial charge < -0.3 is 23.7 Å². The highest BCUT2D eigenvalue weighted by Crippen LogP contribution is 2.42. The lowest BCUT2D eigenvalue weighted by atomic mass is 10.1. The molecule has 3 fully saturated rings. The molecule has 0 saturated carbocycles. The summed E-state index contributed by atoms with van der Waals surface area (Å²) in [6, 6.07) is 0. The monoisotopic (exact) mass is 230 g/mol. The smallest absolute Gasteiger partial charge is 0.190 e. The largest absolute Gasteiger partial charge is 0.348 e. The molecule has 5 nitrogen and oxygen atoms in total. The molecule has 3 aliphatic heterocycles. The van der Waals surface area contributed by atoms with E-state index >= 15 is 0 Å². The molecule has 0 amide bonds. The molecule has 0 bridgehead atoms. The van der Waals surface area contributed by atoms with E-state index < -0.39 is 11.6 Å². The van der Waals surface area contributed by atoms with Crippen molar-refractivity contribution in [3.05, 3.63) is 0 Å². The van der Waals surface area contributed by atoms with Gasteiger partial charge in [0.2, 0.25) is 0 Å². The fourth-order valence-electron chi connectivity index (χ4n) is 2.47. The maximum absolute atomic E-state index is 5.85. The second kappa shape index (κ2) is 3.17. The van der Waals surface area contributed by atoms with Gasteiger partial charge in [0.15, 0.2) is 17.9 Å². The molecule has 0 aromatic carbocycles. The molecule has 5 heteroatoms. The Morgan fingerprint density at radius 2 is 1.56 bits per heavy atom. The van der Waals surface area contributed by atoms with Crippen molar-refractivity contribution in [3.63, 3.8) is 0 Å². The van der Waals surface area contributed by atoms with E-state index in [0.717, 1.165) is 0 Å². The van der Waals surface area contributed by atoms with Crippen LogP contribution in [0, 0.1) is 0 Å². The minimum Gasteiger partial charge on any atom is -0.348 e. The number of ether oxygens (including phenoxy) is 5. The van der Waals surface area contributed by atoms with Crippen molar-refractivity contribution in [3.8, 4) is 0 Å². The fraction of sp³-hybridized carbons (Fsp3) is 1.00. The Kier molecular flexibility index (Phi) is 2.17. The highest BCUT2D eigenvalue weighted by Gasteiger charge is 2.58. The molecule has 0 radical (unpaired) electrons. The van der Waals surface area contributed by atoms with Gasteiger partial charge in [-0.05, 0) is 27.7 Å². The highest BCUT2D eigenvalue weighted by atomic mass is 16.9. The van der Waals surface area contributed by atoms with E-state index in [0.29, 0.717) is 6.61 Å². The van der Waals surface area contributed by atoms with E-state index in [9.17, 15) is 0 Å². The molecule has 0 aliphatic carbocycles. The van der Waals surface area contributed by atoms with Crippen molar-refractivity contribution in [2.75, 3.05) is 6.61 Å². The van der Waals surface area contributed by atoms with Gasteiger partial charge in [0.05, 0.1) is 6.61 Å². The quantitative estimate of drug-likeness (QED) is 0.621. The van der Waals surface area contributed by atoms with Crippen LogP contribution in [0.25, 0.3) is 0 Å². The van der Waals surface area contributed by atoms with Crippen LogP contribution in [0.3, 0.4) is 0 Å². The lowest BCUT2D eigenvalue weighted by Gasteiger charge is -2.38. The van der Waals surface area contributed by atoms with Crippen LogP contribution in [0.1, 0.15) is 27.7 Å². The predicted octanol–water partition coefficient (Wildman–Crippen LogP) is 1.01. The van der Waals surface area contributed by atoms with Crippen molar-refractivity contribution in [2.24, 2.45) is 0 Å². The van der Waals surface area contributed by atoms with Gasteiger partial charge in [0.25, 0.3) is 0 Å². The fourth-order valence-corrected chi connectivity index (χ4v) is 2.47. The lowest BCUT2D eigenvalue weighted by molar-refractivity contribution is -0.319. The van der Waals surface area contributed by atoms with Crippen molar-refractivity contribution in [1.82, 2.24) is 0 Å². The molecule has 3 rings (SSSR count). The summed E-state index contributed by atoms with van der Waals surface area (Å²) in [5.74, 6) is -1.17. The zero-order chi connectivity index (χ0) is 11.6. The molecule has 0 spiro atoms. The summed E-state index contributed by atoms with van der Waals surface area (Å²) >= 11 is 0. The summed E-state index contributed by atoms with van der Waals surface area (Å²) in [6.07, 6.45) is -0.666. The Hall–Kier alpha value is -0.200. The minimum atomic E-state index is -0.591. The number of hydrogen-bond donors (Lipinski definition) is 0. The van der Waals surface area contributed by atoms with E-state index in [2.05, 4.69) is 0 Å². The maximum atomic E-state index is 5.85. The van der Waals surface area contributed by atoms with Gasteiger partial charge >= 0.3 is 0 Å². The van der Waals surface area contributed by atoms with Gasteiger partial charge in [-0.3, -0.25) is 0 Å². The molecule has 0 N–H and O–H groups in total. The first kappa shape index (κ1) is 10.9. The van der Waals surface area contributed by atoms with Crippen LogP contribution in [0.15, 0.2) is 0 Å². The van der Waals surface area contributed by atoms with Crippen LogP contribution in [0.4, 0.5) is 0 Å². The van der Waals surface area contributed by atoms with Gasteiger partial charge in [-0.2, -0.15) is 0 Å².